The van der Waals surface area contributed by atoms with Crippen LogP contribution in [0.3, 0.4) is 0 Å². The van der Waals surface area contributed by atoms with Crippen LogP contribution in [0.1, 0.15) is 37.7 Å². The van der Waals surface area contributed by atoms with E-state index in [1.807, 2.05) is 6.07 Å². The zero-order chi connectivity index (χ0) is 13.5. The second kappa shape index (κ2) is 4.99. The van der Waals surface area contributed by atoms with Crippen LogP contribution in [-0.2, 0) is 6.54 Å². The Morgan fingerprint density at radius 3 is 2.65 bits per heavy atom. The Hall–Kier alpha value is -1.16. The SMILES string of the molecule is Fc1c(CNC2CC2)ccnc1N1CC2CCCC2C1. The van der Waals surface area contributed by atoms with Crippen molar-refractivity contribution in [3.8, 4) is 0 Å². The summed E-state index contributed by atoms with van der Waals surface area (Å²) in [5, 5.41) is 3.39. The number of hydrogen-bond donors (Lipinski definition) is 1. The molecule has 2 atom stereocenters. The highest BCUT2D eigenvalue weighted by molar-refractivity contribution is 5.44. The quantitative estimate of drug-likeness (QED) is 0.915. The predicted molar refractivity (Wildman–Crippen MR) is 77.1 cm³/mol. The molecule has 3 fully saturated rings. The maximum atomic E-state index is 14.6. The van der Waals surface area contributed by atoms with E-state index in [2.05, 4.69) is 15.2 Å². The van der Waals surface area contributed by atoms with Crippen molar-refractivity contribution in [3.05, 3.63) is 23.6 Å². The van der Waals surface area contributed by atoms with E-state index >= 15 is 0 Å². The molecule has 1 aromatic heterocycles. The van der Waals surface area contributed by atoms with E-state index in [1.54, 1.807) is 6.20 Å². The van der Waals surface area contributed by atoms with Gasteiger partial charge in [-0.3, -0.25) is 0 Å². The van der Waals surface area contributed by atoms with Gasteiger partial charge in [-0.15, -0.1) is 0 Å². The molecule has 4 rings (SSSR count). The summed E-state index contributed by atoms with van der Waals surface area (Å²) in [6.07, 6.45) is 8.20. The third kappa shape index (κ3) is 2.30. The average Bonchev–Trinajstić information content (AvgIpc) is 3.02. The van der Waals surface area contributed by atoms with Gasteiger partial charge in [-0.2, -0.15) is 0 Å². The van der Waals surface area contributed by atoms with Crippen LogP contribution >= 0.6 is 0 Å². The molecule has 20 heavy (non-hydrogen) atoms. The van der Waals surface area contributed by atoms with Crippen molar-refractivity contribution in [1.82, 2.24) is 10.3 Å². The van der Waals surface area contributed by atoms with E-state index in [9.17, 15) is 4.39 Å². The molecule has 108 valence electrons. The van der Waals surface area contributed by atoms with Crippen molar-refractivity contribution < 1.29 is 4.39 Å². The summed E-state index contributed by atoms with van der Waals surface area (Å²) in [5.74, 6) is 2.00. The summed E-state index contributed by atoms with van der Waals surface area (Å²) in [6.45, 7) is 2.62. The van der Waals surface area contributed by atoms with Gasteiger partial charge >= 0.3 is 0 Å². The van der Waals surface area contributed by atoms with Gasteiger partial charge in [-0.25, -0.2) is 9.37 Å². The van der Waals surface area contributed by atoms with Gasteiger partial charge < -0.3 is 10.2 Å². The van der Waals surface area contributed by atoms with Crippen molar-refractivity contribution in [2.45, 2.75) is 44.7 Å². The van der Waals surface area contributed by atoms with E-state index < -0.39 is 0 Å². The molecule has 2 aliphatic carbocycles. The minimum Gasteiger partial charge on any atom is -0.354 e. The monoisotopic (exact) mass is 275 g/mol. The lowest BCUT2D eigenvalue weighted by Crippen LogP contribution is -2.24. The van der Waals surface area contributed by atoms with Crippen molar-refractivity contribution >= 4 is 5.82 Å². The van der Waals surface area contributed by atoms with Crippen LogP contribution in [0.2, 0.25) is 0 Å². The third-order valence-electron chi connectivity index (χ3n) is 5.14. The fourth-order valence-corrected chi connectivity index (χ4v) is 3.78. The van der Waals surface area contributed by atoms with E-state index in [0.29, 0.717) is 18.4 Å². The molecule has 3 nitrogen and oxygen atoms in total. The first-order valence-corrected chi connectivity index (χ1v) is 7.93. The van der Waals surface area contributed by atoms with Gasteiger partial charge in [0.15, 0.2) is 11.6 Å². The van der Waals surface area contributed by atoms with Gasteiger partial charge in [0.1, 0.15) is 0 Å². The number of halogens is 1. The second-order valence-corrected chi connectivity index (χ2v) is 6.62. The molecule has 2 saturated carbocycles. The second-order valence-electron chi connectivity index (χ2n) is 6.62. The molecule has 0 bridgehead atoms. The average molecular weight is 275 g/mol. The summed E-state index contributed by atoms with van der Waals surface area (Å²) >= 11 is 0. The number of nitrogens with zero attached hydrogens (tertiary/aromatic N) is 2. The van der Waals surface area contributed by atoms with E-state index in [1.165, 1.54) is 32.1 Å². The summed E-state index contributed by atoms with van der Waals surface area (Å²) in [4.78, 5) is 6.49. The first kappa shape index (κ1) is 12.6. The maximum Gasteiger partial charge on any atom is 0.170 e. The summed E-state index contributed by atoms with van der Waals surface area (Å²) < 4.78 is 14.6. The minimum absolute atomic E-state index is 0.111. The molecule has 2 unspecified atom stereocenters. The Balaban J connectivity index is 1.50. The summed E-state index contributed by atoms with van der Waals surface area (Å²) in [6, 6.07) is 2.42. The van der Waals surface area contributed by atoms with Crippen LogP contribution in [0.4, 0.5) is 10.2 Å². The van der Waals surface area contributed by atoms with Gasteiger partial charge in [-0.05, 0) is 43.6 Å². The Labute approximate surface area is 119 Å². The molecule has 1 N–H and O–H groups in total. The number of aromatic nitrogens is 1. The first-order valence-electron chi connectivity index (χ1n) is 7.93. The lowest BCUT2D eigenvalue weighted by Gasteiger charge is -2.20. The smallest absolute Gasteiger partial charge is 0.170 e. The highest BCUT2D eigenvalue weighted by atomic mass is 19.1. The van der Waals surface area contributed by atoms with Crippen LogP contribution in [-0.4, -0.2) is 24.1 Å². The number of rotatable bonds is 4. The molecule has 0 radical (unpaired) electrons. The zero-order valence-electron chi connectivity index (χ0n) is 11.8. The molecule has 1 aliphatic heterocycles. The number of hydrogen-bond acceptors (Lipinski definition) is 3. The third-order valence-corrected chi connectivity index (χ3v) is 5.14. The number of fused-ring (bicyclic) bond motifs is 1. The van der Waals surface area contributed by atoms with Crippen LogP contribution in [0, 0.1) is 17.7 Å². The van der Waals surface area contributed by atoms with Crippen molar-refractivity contribution in [2.24, 2.45) is 11.8 Å². The van der Waals surface area contributed by atoms with Crippen LogP contribution in [0.25, 0.3) is 0 Å². The molecule has 0 amide bonds. The molecule has 0 spiro atoms. The predicted octanol–water partition coefficient (Wildman–Crippen LogP) is 2.71. The van der Waals surface area contributed by atoms with Gasteiger partial charge in [0.05, 0.1) is 0 Å². The molecule has 4 heteroatoms. The molecule has 3 aliphatic rings. The molecule has 1 aromatic rings. The Morgan fingerprint density at radius 2 is 1.95 bits per heavy atom. The Kier molecular flexibility index (Phi) is 3.14. The number of pyridine rings is 1. The van der Waals surface area contributed by atoms with Crippen molar-refractivity contribution in [2.75, 3.05) is 18.0 Å². The summed E-state index contributed by atoms with van der Waals surface area (Å²) in [5.41, 5.74) is 0.763. The van der Waals surface area contributed by atoms with E-state index in [-0.39, 0.29) is 5.82 Å². The first-order chi connectivity index (χ1) is 9.81. The van der Waals surface area contributed by atoms with Gasteiger partial charge in [0, 0.05) is 37.4 Å². The van der Waals surface area contributed by atoms with E-state index in [4.69, 9.17) is 0 Å². The topological polar surface area (TPSA) is 28.2 Å². The van der Waals surface area contributed by atoms with E-state index in [0.717, 1.165) is 30.5 Å². The van der Waals surface area contributed by atoms with Crippen molar-refractivity contribution in [1.29, 1.82) is 0 Å². The van der Waals surface area contributed by atoms with Crippen LogP contribution in [0.15, 0.2) is 12.3 Å². The molecule has 0 aromatic carbocycles. The highest BCUT2D eigenvalue weighted by Crippen LogP contribution is 2.39. The van der Waals surface area contributed by atoms with Crippen LogP contribution in [0.5, 0.6) is 0 Å². The largest absolute Gasteiger partial charge is 0.354 e. The van der Waals surface area contributed by atoms with Gasteiger partial charge in [0.2, 0.25) is 0 Å². The fraction of sp³-hybridized carbons (Fsp3) is 0.688. The lowest BCUT2D eigenvalue weighted by atomic mass is 10.0. The maximum absolute atomic E-state index is 14.6. The van der Waals surface area contributed by atoms with Crippen molar-refractivity contribution in [3.63, 3.8) is 0 Å². The van der Waals surface area contributed by atoms with Gasteiger partial charge in [-0.1, -0.05) is 6.42 Å². The Morgan fingerprint density at radius 1 is 1.20 bits per heavy atom. The van der Waals surface area contributed by atoms with Crippen LogP contribution < -0.4 is 10.2 Å². The minimum atomic E-state index is -0.111. The lowest BCUT2D eigenvalue weighted by molar-refractivity contribution is 0.494. The fourth-order valence-electron chi connectivity index (χ4n) is 3.78. The Bertz CT molecular complexity index is 488. The zero-order valence-corrected chi connectivity index (χ0v) is 11.8. The normalized spacial score (nSPS) is 28.9. The molecular formula is C16H22FN3. The summed E-state index contributed by atoms with van der Waals surface area (Å²) in [7, 11) is 0. The van der Waals surface area contributed by atoms with Gasteiger partial charge in [0.25, 0.3) is 0 Å². The highest BCUT2D eigenvalue weighted by Gasteiger charge is 2.37. The molecule has 1 saturated heterocycles. The standard InChI is InChI=1S/C16H22FN3/c17-15-11(8-19-14-4-5-14)6-7-18-16(15)20-9-12-2-1-3-13(12)10-20/h6-7,12-14,19H,1-5,8-10H2. The molecular weight excluding hydrogens is 253 g/mol. The number of nitrogens with one attached hydrogen (secondary N) is 1. The molecule has 2 heterocycles. The number of anilines is 1.